The van der Waals surface area contributed by atoms with E-state index in [0.717, 1.165) is 17.0 Å². The molecule has 0 aliphatic heterocycles. The fraction of sp³-hybridized carbons (Fsp3) is 0.312. The van der Waals surface area contributed by atoms with Gasteiger partial charge in [-0.25, -0.2) is 0 Å². The molecule has 0 N–H and O–H groups in total. The fourth-order valence-corrected chi connectivity index (χ4v) is 5.37. The molecule has 3 rings (SSSR count). The van der Waals surface area contributed by atoms with Crippen LogP contribution in [0.2, 0.25) is 24.7 Å². The van der Waals surface area contributed by atoms with Crippen LogP contribution in [-0.4, -0.2) is 13.9 Å². The van der Waals surface area contributed by atoms with Gasteiger partial charge in [-0.15, -0.1) is 0 Å². The van der Waals surface area contributed by atoms with Gasteiger partial charge in [0.25, 0.3) is 0 Å². The van der Waals surface area contributed by atoms with E-state index in [4.69, 9.17) is 11.6 Å². The van der Waals surface area contributed by atoms with Gasteiger partial charge in [-0.05, 0) is 40.1 Å². The lowest BCUT2D eigenvalue weighted by Gasteiger charge is -2.23. The van der Waals surface area contributed by atoms with Crippen molar-refractivity contribution in [3.05, 3.63) is 40.4 Å². The summed E-state index contributed by atoms with van der Waals surface area (Å²) in [4.78, 5) is 12.2. The smallest absolute Gasteiger partial charge is 0.163 e. The standard InChI is InChI=1S/C16H17ClOSi/c1-19(2,3)16-13-6-5-12(17)9-11(13)8-10-4-7-14(18)15(10)16/h5-6,8-9H,4,7H2,1-3H3. The summed E-state index contributed by atoms with van der Waals surface area (Å²) in [6.07, 6.45) is 1.55. The molecule has 2 aromatic rings. The van der Waals surface area contributed by atoms with Crippen LogP contribution in [0.4, 0.5) is 0 Å². The van der Waals surface area contributed by atoms with E-state index in [1.165, 1.54) is 21.5 Å². The Labute approximate surface area is 119 Å². The number of carbonyl (C=O) groups is 1. The number of ketones is 1. The van der Waals surface area contributed by atoms with Crippen molar-refractivity contribution in [2.24, 2.45) is 0 Å². The summed E-state index contributed by atoms with van der Waals surface area (Å²) >= 11 is 6.11. The van der Waals surface area contributed by atoms with E-state index in [-0.39, 0.29) is 0 Å². The maximum atomic E-state index is 12.2. The Hall–Kier alpha value is -1.12. The SMILES string of the molecule is C[Si](C)(C)c1c2c(cc3cc(Cl)ccc13)CCC2=O. The average molecular weight is 289 g/mol. The molecule has 0 atom stereocenters. The number of rotatable bonds is 1. The van der Waals surface area contributed by atoms with Crippen LogP contribution in [-0.2, 0) is 6.42 Å². The maximum Gasteiger partial charge on any atom is 0.163 e. The third-order valence-electron chi connectivity index (χ3n) is 3.83. The van der Waals surface area contributed by atoms with E-state index < -0.39 is 8.07 Å². The van der Waals surface area contributed by atoms with Crippen molar-refractivity contribution in [1.82, 2.24) is 0 Å². The summed E-state index contributed by atoms with van der Waals surface area (Å²) < 4.78 is 0. The summed E-state index contributed by atoms with van der Waals surface area (Å²) in [6, 6.07) is 8.19. The summed E-state index contributed by atoms with van der Waals surface area (Å²) in [5, 5.41) is 4.48. The molecule has 0 heterocycles. The van der Waals surface area contributed by atoms with Crippen LogP contribution < -0.4 is 5.19 Å². The van der Waals surface area contributed by atoms with Crippen LogP contribution in [0.5, 0.6) is 0 Å². The third kappa shape index (κ3) is 2.03. The zero-order valence-electron chi connectivity index (χ0n) is 11.5. The molecule has 98 valence electrons. The van der Waals surface area contributed by atoms with Crippen molar-refractivity contribution < 1.29 is 4.79 Å². The van der Waals surface area contributed by atoms with Crippen LogP contribution in [0.1, 0.15) is 22.3 Å². The fourth-order valence-electron chi connectivity index (χ4n) is 3.10. The zero-order chi connectivity index (χ0) is 13.8. The molecule has 0 saturated carbocycles. The molecule has 0 spiro atoms. The molecular weight excluding hydrogens is 272 g/mol. The van der Waals surface area contributed by atoms with E-state index >= 15 is 0 Å². The quantitative estimate of drug-likeness (QED) is 0.720. The molecule has 0 bridgehead atoms. The van der Waals surface area contributed by atoms with Crippen molar-refractivity contribution in [1.29, 1.82) is 0 Å². The lowest BCUT2D eigenvalue weighted by molar-refractivity contribution is 0.0995. The highest BCUT2D eigenvalue weighted by Gasteiger charge is 2.31. The highest BCUT2D eigenvalue weighted by Crippen LogP contribution is 2.29. The topological polar surface area (TPSA) is 17.1 Å². The first-order chi connectivity index (χ1) is 8.88. The second kappa shape index (κ2) is 4.19. The minimum atomic E-state index is -1.58. The van der Waals surface area contributed by atoms with Crippen LogP contribution in [0.15, 0.2) is 24.3 Å². The number of fused-ring (bicyclic) bond motifs is 2. The highest BCUT2D eigenvalue weighted by molar-refractivity contribution is 6.91. The van der Waals surface area contributed by atoms with E-state index in [1.807, 2.05) is 12.1 Å². The van der Waals surface area contributed by atoms with Gasteiger partial charge in [0, 0.05) is 17.0 Å². The first kappa shape index (κ1) is 12.9. The Balaban J connectivity index is 2.48. The van der Waals surface area contributed by atoms with Crippen molar-refractivity contribution in [2.75, 3.05) is 0 Å². The summed E-state index contributed by atoms with van der Waals surface area (Å²) in [5.41, 5.74) is 2.24. The number of halogens is 1. The number of benzene rings is 2. The molecule has 1 nitrogen and oxygen atoms in total. The number of hydrogen-bond acceptors (Lipinski definition) is 1. The Morgan fingerprint density at radius 1 is 1.11 bits per heavy atom. The number of aryl methyl sites for hydroxylation is 1. The van der Waals surface area contributed by atoms with E-state index in [1.54, 1.807) is 0 Å². The predicted molar refractivity (Wildman–Crippen MR) is 84.6 cm³/mol. The average Bonchev–Trinajstić information content (AvgIpc) is 2.66. The first-order valence-corrected chi connectivity index (χ1v) is 10.5. The minimum Gasteiger partial charge on any atom is -0.294 e. The third-order valence-corrected chi connectivity index (χ3v) is 6.09. The van der Waals surface area contributed by atoms with Crippen LogP contribution >= 0.6 is 11.6 Å². The van der Waals surface area contributed by atoms with Gasteiger partial charge in [-0.2, -0.15) is 0 Å². The Morgan fingerprint density at radius 3 is 2.53 bits per heavy atom. The molecule has 3 heteroatoms. The van der Waals surface area contributed by atoms with E-state index in [2.05, 4.69) is 31.8 Å². The van der Waals surface area contributed by atoms with Gasteiger partial charge in [0.1, 0.15) is 0 Å². The minimum absolute atomic E-state index is 0.323. The summed E-state index contributed by atoms with van der Waals surface area (Å²) in [6.45, 7) is 6.92. The van der Waals surface area contributed by atoms with Crippen molar-refractivity contribution in [3.8, 4) is 0 Å². The molecule has 0 amide bonds. The Bertz CT molecular complexity index is 698. The molecule has 0 unspecified atom stereocenters. The molecule has 0 saturated heterocycles. The molecule has 0 fully saturated rings. The van der Waals surface area contributed by atoms with Crippen LogP contribution in [0.3, 0.4) is 0 Å². The van der Waals surface area contributed by atoms with Gasteiger partial charge in [-0.1, -0.05) is 43.4 Å². The Morgan fingerprint density at radius 2 is 1.84 bits per heavy atom. The zero-order valence-corrected chi connectivity index (χ0v) is 13.3. The monoisotopic (exact) mass is 288 g/mol. The van der Waals surface area contributed by atoms with Crippen LogP contribution in [0.25, 0.3) is 10.8 Å². The summed E-state index contributed by atoms with van der Waals surface area (Å²) in [7, 11) is -1.58. The van der Waals surface area contributed by atoms with Gasteiger partial charge in [0.05, 0.1) is 8.07 Å². The molecule has 0 radical (unpaired) electrons. The van der Waals surface area contributed by atoms with E-state index in [0.29, 0.717) is 12.2 Å². The maximum absolute atomic E-state index is 12.2. The number of hydrogen-bond donors (Lipinski definition) is 0. The van der Waals surface area contributed by atoms with Gasteiger partial charge in [0.15, 0.2) is 5.78 Å². The summed E-state index contributed by atoms with van der Waals surface area (Å²) in [5.74, 6) is 0.323. The number of carbonyl (C=O) groups excluding carboxylic acids is 1. The van der Waals surface area contributed by atoms with Crippen molar-refractivity contribution >= 4 is 41.4 Å². The van der Waals surface area contributed by atoms with Gasteiger partial charge in [-0.3, -0.25) is 4.79 Å². The van der Waals surface area contributed by atoms with Crippen LogP contribution in [0, 0.1) is 0 Å². The number of Topliss-reactive ketones (excluding diaryl/α,β-unsaturated/α-hetero) is 1. The normalized spacial score (nSPS) is 15.1. The van der Waals surface area contributed by atoms with Crippen molar-refractivity contribution in [3.63, 3.8) is 0 Å². The lowest BCUT2D eigenvalue weighted by atomic mass is 10.0. The molecular formula is C16H17ClOSi. The second-order valence-electron chi connectivity index (χ2n) is 6.32. The first-order valence-electron chi connectivity index (χ1n) is 6.67. The lowest BCUT2D eigenvalue weighted by Crippen LogP contribution is -2.41. The molecule has 1 aliphatic rings. The van der Waals surface area contributed by atoms with Gasteiger partial charge < -0.3 is 0 Å². The second-order valence-corrected chi connectivity index (χ2v) is 11.8. The van der Waals surface area contributed by atoms with Crippen molar-refractivity contribution in [2.45, 2.75) is 32.5 Å². The Kier molecular flexibility index (Phi) is 2.84. The largest absolute Gasteiger partial charge is 0.294 e. The molecule has 19 heavy (non-hydrogen) atoms. The van der Waals surface area contributed by atoms with Gasteiger partial charge in [0.2, 0.25) is 0 Å². The van der Waals surface area contributed by atoms with E-state index in [9.17, 15) is 4.79 Å². The molecule has 0 aromatic heterocycles. The molecule has 2 aromatic carbocycles. The highest BCUT2D eigenvalue weighted by atomic mass is 35.5. The van der Waals surface area contributed by atoms with Gasteiger partial charge >= 0.3 is 0 Å². The predicted octanol–water partition coefficient (Wildman–Crippen LogP) is 4.17. The molecule has 1 aliphatic carbocycles.